The second-order valence-corrected chi connectivity index (χ2v) is 4.58. The summed E-state index contributed by atoms with van der Waals surface area (Å²) >= 11 is 0. The van der Waals surface area contributed by atoms with Gasteiger partial charge in [-0.05, 0) is 18.6 Å². The molecule has 0 aliphatic carbocycles. The summed E-state index contributed by atoms with van der Waals surface area (Å²) in [5.41, 5.74) is 0.623. The number of carbonyl (C=O) groups excluding carboxylic acids is 1. The standard InChI is InChI=1S/C11H16N2O2/c1-8-5-6-9(13(15)7-8)12-10(14)11(2,3)4/h5-7,15H,1-4H3. The molecule has 0 aliphatic rings. The highest BCUT2D eigenvalue weighted by molar-refractivity contribution is 5.82. The van der Waals surface area contributed by atoms with Crippen LogP contribution in [0.1, 0.15) is 26.3 Å². The van der Waals surface area contributed by atoms with Crippen molar-refractivity contribution in [2.24, 2.45) is 10.4 Å². The molecule has 1 amide bonds. The second-order valence-electron chi connectivity index (χ2n) is 4.58. The summed E-state index contributed by atoms with van der Waals surface area (Å²) in [6, 6.07) is 3.40. The van der Waals surface area contributed by atoms with Crippen LogP contribution in [0, 0.1) is 12.3 Å². The monoisotopic (exact) mass is 208 g/mol. The highest BCUT2D eigenvalue weighted by Gasteiger charge is 2.20. The van der Waals surface area contributed by atoms with E-state index in [-0.39, 0.29) is 11.4 Å². The molecule has 1 N–H and O–H groups in total. The van der Waals surface area contributed by atoms with Crippen molar-refractivity contribution in [2.45, 2.75) is 27.7 Å². The molecule has 0 saturated carbocycles. The topological polar surface area (TPSA) is 54.6 Å². The number of amides is 1. The van der Waals surface area contributed by atoms with Crippen molar-refractivity contribution < 1.29 is 10.0 Å². The number of carbonyl (C=O) groups is 1. The lowest BCUT2D eigenvalue weighted by molar-refractivity contribution is -0.125. The minimum Gasteiger partial charge on any atom is -0.427 e. The summed E-state index contributed by atoms with van der Waals surface area (Å²) in [7, 11) is 0. The molecule has 0 bridgehead atoms. The zero-order valence-electron chi connectivity index (χ0n) is 9.48. The molecule has 0 unspecified atom stereocenters. The summed E-state index contributed by atoms with van der Waals surface area (Å²) in [6.45, 7) is 7.21. The molecule has 1 aromatic rings. The van der Waals surface area contributed by atoms with E-state index in [9.17, 15) is 10.0 Å². The molecule has 0 fully saturated rings. The van der Waals surface area contributed by atoms with Gasteiger partial charge in [0, 0.05) is 11.6 Å². The smallest absolute Gasteiger partial charge is 0.253 e. The third kappa shape index (κ3) is 2.94. The fraction of sp³-hybridized carbons (Fsp3) is 0.455. The van der Waals surface area contributed by atoms with Gasteiger partial charge in [0.2, 0.25) is 0 Å². The first-order valence-electron chi connectivity index (χ1n) is 4.78. The summed E-state index contributed by atoms with van der Waals surface area (Å²) < 4.78 is 0.860. The number of hydrogen-bond donors (Lipinski definition) is 1. The number of pyridine rings is 1. The van der Waals surface area contributed by atoms with Gasteiger partial charge in [-0.1, -0.05) is 26.8 Å². The van der Waals surface area contributed by atoms with Gasteiger partial charge in [0.15, 0.2) is 5.49 Å². The van der Waals surface area contributed by atoms with Gasteiger partial charge in [-0.3, -0.25) is 4.79 Å². The lowest BCUT2D eigenvalue weighted by atomic mass is 9.96. The van der Waals surface area contributed by atoms with Crippen LogP contribution in [0.5, 0.6) is 0 Å². The van der Waals surface area contributed by atoms with Crippen molar-refractivity contribution in [3.8, 4) is 0 Å². The maximum absolute atomic E-state index is 11.6. The molecule has 82 valence electrons. The molecule has 4 nitrogen and oxygen atoms in total. The van der Waals surface area contributed by atoms with Gasteiger partial charge in [-0.2, -0.15) is 9.72 Å². The Bertz CT molecular complexity index is 439. The SMILES string of the molecule is Cc1ccc(=NC(=O)C(C)(C)C)n(O)c1. The molecule has 0 spiro atoms. The average molecular weight is 208 g/mol. The van der Waals surface area contributed by atoms with Crippen molar-refractivity contribution in [3.05, 3.63) is 29.4 Å². The maximum Gasteiger partial charge on any atom is 0.253 e. The summed E-state index contributed by atoms with van der Waals surface area (Å²) in [4.78, 5) is 15.4. The summed E-state index contributed by atoms with van der Waals surface area (Å²) in [6.07, 6.45) is 1.51. The Balaban J connectivity index is 3.17. The molecule has 0 saturated heterocycles. The quantitative estimate of drug-likeness (QED) is 0.657. The first-order valence-corrected chi connectivity index (χ1v) is 4.78. The van der Waals surface area contributed by atoms with E-state index in [1.54, 1.807) is 32.9 Å². The first kappa shape index (κ1) is 11.5. The van der Waals surface area contributed by atoms with Crippen LogP contribution in [0.4, 0.5) is 0 Å². The van der Waals surface area contributed by atoms with Crippen molar-refractivity contribution >= 4 is 5.91 Å². The van der Waals surface area contributed by atoms with Gasteiger partial charge >= 0.3 is 0 Å². The van der Waals surface area contributed by atoms with E-state index in [2.05, 4.69) is 4.99 Å². The van der Waals surface area contributed by atoms with E-state index in [1.165, 1.54) is 6.20 Å². The van der Waals surface area contributed by atoms with Gasteiger partial charge in [-0.15, -0.1) is 0 Å². The number of aromatic nitrogens is 1. The molecular formula is C11H16N2O2. The fourth-order valence-electron chi connectivity index (χ4n) is 0.945. The Morgan fingerprint density at radius 2 is 2.00 bits per heavy atom. The second kappa shape index (κ2) is 3.88. The molecule has 0 aromatic carbocycles. The number of aryl methyl sites for hydroxylation is 1. The average Bonchev–Trinajstić information content (AvgIpc) is 2.08. The Kier molecular flexibility index (Phi) is 2.98. The molecule has 0 atom stereocenters. The van der Waals surface area contributed by atoms with Gasteiger partial charge in [0.1, 0.15) is 0 Å². The molecule has 4 heteroatoms. The van der Waals surface area contributed by atoms with Crippen molar-refractivity contribution in [3.63, 3.8) is 0 Å². The van der Waals surface area contributed by atoms with Gasteiger partial charge in [0.25, 0.3) is 5.91 Å². The number of hydrogen-bond acceptors (Lipinski definition) is 2. The normalized spacial score (nSPS) is 12.9. The fourth-order valence-corrected chi connectivity index (χ4v) is 0.945. The molecule has 1 rings (SSSR count). The Morgan fingerprint density at radius 1 is 1.40 bits per heavy atom. The lowest BCUT2D eigenvalue weighted by Crippen LogP contribution is -2.25. The van der Waals surface area contributed by atoms with E-state index in [0.29, 0.717) is 0 Å². The third-order valence-corrected chi connectivity index (χ3v) is 1.91. The van der Waals surface area contributed by atoms with Crippen molar-refractivity contribution in [1.29, 1.82) is 0 Å². The minimum atomic E-state index is -0.530. The zero-order valence-corrected chi connectivity index (χ0v) is 9.48. The van der Waals surface area contributed by atoms with E-state index in [0.717, 1.165) is 10.3 Å². The lowest BCUT2D eigenvalue weighted by Gasteiger charge is -2.11. The van der Waals surface area contributed by atoms with Crippen LogP contribution in [0.2, 0.25) is 0 Å². The largest absolute Gasteiger partial charge is 0.427 e. The van der Waals surface area contributed by atoms with Crippen LogP contribution in [-0.2, 0) is 4.79 Å². The summed E-state index contributed by atoms with van der Waals surface area (Å²) in [5, 5.41) is 9.48. The first-order chi connectivity index (χ1) is 6.80. The van der Waals surface area contributed by atoms with Crippen LogP contribution in [-0.4, -0.2) is 15.8 Å². The zero-order chi connectivity index (χ0) is 11.6. The maximum atomic E-state index is 11.6. The van der Waals surface area contributed by atoms with Gasteiger partial charge in [-0.25, -0.2) is 0 Å². The van der Waals surface area contributed by atoms with Crippen LogP contribution < -0.4 is 5.49 Å². The molecule has 15 heavy (non-hydrogen) atoms. The molecule has 1 heterocycles. The third-order valence-electron chi connectivity index (χ3n) is 1.91. The van der Waals surface area contributed by atoms with E-state index in [4.69, 9.17) is 0 Å². The van der Waals surface area contributed by atoms with Crippen LogP contribution in [0.3, 0.4) is 0 Å². The van der Waals surface area contributed by atoms with Crippen LogP contribution >= 0.6 is 0 Å². The Labute approximate surface area is 88.9 Å². The predicted octanol–water partition coefficient (Wildman–Crippen LogP) is 1.51. The van der Waals surface area contributed by atoms with Crippen molar-refractivity contribution in [1.82, 2.24) is 4.73 Å². The Hall–Kier alpha value is -1.58. The molecule has 0 aliphatic heterocycles. The van der Waals surface area contributed by atoms with E-state index in [1.807, 2.05) is 6.92 Å². The predicted molar refractivity (Wildman–Crippen MR) is 56.4 cm³/mol. The van der Waals surface area contributed by atoms with E-state index < -0.39 is 5.41 Å². The summed E-state index contributed by atoms with van der Waals surface area (Å²) in [5.74, 6) is -0.255. The number of nitrogens with zero attached hydrogens (tertiary/aromatic N) is 2. The molecular weight excluding hydrogens is 192 g/mol. The highest BCUT2D eigenvalue weighted by atomic mass is 16.5. The van der Waals surface area contributed by atoms with E-state index >= 15 is 0 Å². The van der Waals surface area contributed by atoms with Gasteiger partial charge < -0.3 is 5.21 Å². The number of rotatable bonds is 0. The minimum absolute atomic E-state index is 0.250. The van der Waals surface area contributed by atoms with Crippen molar-refractivity contribution in [2.75, 3.05) is 0 Å². The Morgan fingerprint density at radius 3 is 2.47 bits per heavy atom. The van der Waals surface area contributed by atoms with Gasteiger partial charge in [0.05, 0.1) is 0 Å². The highest BCUT2D eigenvalue weighted by Crippen LogP contribution is 2.14. The van der Waals surface area contributed by atoms with Crippen LogP contribution in [0.15, 0.2) is 23.3 Å². The molecule has 0 radical (unpaired) electrons. The van der Waals surface area contributed by atoms with Crippen LogP contribution in [0.25, 0.3) is 0 Å². The molecule has 1 aromatic heterocycles.